The van der Waals surface area contributed by atoms with E-state index in [1.54, 1.807) is 13.0 Å². The number of β-amino-alcohol motifs (C(OH)–C–C–N with tert-alkyl or cyclic N) is 1. The lowest BCUT2D eigenvalue weighted by atomic mass is 9.91. The molecule has 0 unspecified atom stereocenters. The van der Waals surface area contributed by atoms with Crippen LogP contribution >= 0.6 is 11.6 Å². The molecule has 1 fully saturated rings. The number of rotatable bonds is 2. The Hall–Kier alpha value is -0.870. The molecule has 2 rings (SSSR count). The zero-order valence-corrected chi connectivity index (χ0v) is 9.62. The summed E-state index contributed by atoms with van der Waals surface area (Å²) in [5.41, 5.74) is -0.550. The van der Waals surface area contributed by atoms with E-state index >= 15 is 0 Å². The maximum atomic E-state index is 9.87. The fourth-order valence-electron chi connectivity index (χ4n) is 1.73. The Bertz CT molecular complexity index is 357. The first-order valence-corrected chi connectivity index (χ1v) is 5.39. The lowest BCUT2D eigenvalue weighted by Crippen LogP contribution is -2.61. The van der Waals surface area contributed by atoms with E-state index in [1.165, 1.54) is 0 Å². The third-order valence-corrected chi connectivity index (χ3v) is 2.94. The summed E-state index contributed by atoms with van der Waals surface area (Å²) in [6, 6.07) is 1.73. The van der Waals surface area contributed by atoms with Crippen LogP contribution in [-0.4, -0.2) is 33.8 Å². The van der Waals surface area contributed by atoms with Gasteiger partial charge < -0.3 is 10.0 Å². The highest BCUT2D eigenvalue weighted by molar-refractivity contribution is 6.29. The van der Waals surface area contributed by atoms with Crippen LogP contribution in [0, 0.1) is 6.92 Å². The lowest BCUT2D eigenvalue weighted by Gasteiger charge is -2.46. The van der Waals surface area contributed by atoms with Crippen molar-refractivity contribution in [1.29, 1.82) is 0 Å². The molecule has 1 aromatic heterocycles. The molecule has 2 heterocycles. The summed E-state index contributed by atoms with van der Waals surface area (Å²) < 4.78 is 0. The van der Waals surface area contributed by atoms with Crippen molar-refractivity contribution in [2.45, 2.75) is 25.9 Å². The number of halogens is 1. The molecule has 1 aliphatic heterocycles. The summed E-state index contributed by atoms with van der Waals surface area (Å²) in [6.45, 7) is 5.03. The van der Waals surface area contributed by atoms with Crippen molar-refractivity contribution < 1.29 is 5.11 Å². The van der Waals surface area contributed by atoms with E-state index in [0.29, 0.717) is 24.1 Å². The Morgan fingerprint density at radius 1 is 1.53 bits per heavy atom. The predicted octanol–water partition coefficient (Wildman–Crippen LogP) is 1.40. The molecule has 1 aliphatic rings. The molecule has 5 heteroatoms. The van der Waals surface area contributed by atoms with Crippen LogP contribution in [0.15, 0.2) is 6.07 Å². The van der Waals surface area contributed by atoms with Crippen molar-refractivity contribution >= 4 is 17.4 Å². The smallest absolute Gasteiger partial charge is 0.134 e. The quantitative estimate of drug-likeness (QED) is 0.776. The van der Waals surface area contributed by atoms with Gasteiger partial charge in [-0.1, -0.05) is 18.5 Å². The van der Waals surface area contributed by atoms with Crippen LogP contribution in [0.5, 0.6) is 0 Å². The molecule has 4 nitrogen and oxygen atoms in total. The topological polar surface area (TPSA) is 49.2 Å². The van der Waals surface area contributed by atoms with Crippen LogP contribution in [0.4, 0.5) is 5.82 Å². The normalized spacial score (nSPS) is 18.8. The van der Waals surface area contributed by atoms with Crippen molar-refractivity contribution in [1.82, 2.24) is 9.97 Å². The Morgan fingerprint density at radius 2 is 2.20 bits per heavy atom. The van der Waals surface area contributed by atoms with Crippen LogP contribution in [0.3, 0.4) is 0 Å². The molecule has 0 radical (unpaired) electrons. The van der Waals surface area contributed by atoms with Crippen LogP contribution in [0.1, 0.15) is 19.2 Å². The third-order valence-electron chi connectivity index (χ3n) is 2.75. The van der Waals surface area contributed by atoms with Crippen molar-refractivity contribution in [3.8, 4) is 0 Å². The zero-order valence-electron chi connectivity index (χ0n) is 8.87. The lowest BCUT2D eigenvalue weighted by molar-refractivity contribution is 0.00803. The standard InChI is InChI=1S/C10H14ClN3O/c1-3-10(15)5-14(6-10)9-4-8(11)12-7(2)13-9/h4,15H,3,5-6H2,1-2H3. The minimum Gasteiger partial charge on any atom is -0.386 e. The van der Waals surface area contributed by atoms with E-state index in [2.05, 4.69) is 9.97 Å². The molecule has 0 aromatic carbocycles. The molecule has 1 saturated heterocycles. The predicted molar refractivity (Wildman–Crippen MR) is 59.2 cm³/mol. The summed E-state index contributed by atoms with van der Waals surface area (Å²) in [5.74, 6) is 1.45. The molecule has 0 aliphatic carbocycles. The summed E-state index contributed by atoms with van der Waals surface area (Å²) in [4.78, 5) is 10.3. The van der Waals surface area contributed by atoms with Crippen LogP contribution in [0.25, 0.3) is 0 Å². The zero-order chi connectivity index (χ0) is 11.1. The SMILES string of the molecule is CCC1(O)CN(c2cc(Cl)nc(C)n2)C1. The van der Waals surface area contributed by atoms with Gasteiger partial charge in [-0.3, -0.25) is 0 Å². The van der Waals surface area contributed by atoms with Gasteiger partial charge in [0, 0.05) is 19.2 Å². The van der Waals surface area contributed by atoms with Crippen LogP contribution in [0.2, 0.25) is 5.15 Å². The summed E-state index contributed by atoms with van der Waals surface area (Å²) in [6.07, 6.45) is 0.765. The summed E-state index contributed by atoms with van der Waals surface area (Å²) >= 11 is 5.84. The fourth-order valence-corrected chi connectivity index (χ4v) is 1.95. The third kappa shape index (κ3) is 2.06. The Kier molecular flexibility index (Phi) is 2.56. The van der Waals surface area contributed by atoms with Gasteiger partial charge in [-0.2, -0.15) is 0 Å². The molecule has 0 saturated carbocycles. The first kappa shape index (κ1) is 10.6. The second-order valence-electron chi connectivity index (χ2n) is 4.03. The monoisotopic (exact) mass is 227 g/mol. The highest BCUT2D eigenvalue weighted by Crippen LogP contribution is 2.29. The number of hydrogen-bond acceptors (Lipinski definition) is 4. The Morgan fingerprint density at radius 3 is 2.73 bits per heavy atom. The van der Waals surface area contributed by atoms with Gasteiger partial charge in [0.2, 0.25) is 0 Å². The van der Waals surface area contributed by atoms with Gasteiger partial charge in [0.05, 0.1) is 5.60 Å². The number of aliphatic hydroxyl groups is 1. The summed E-state index contributed by atoms with van der Waals surface area (Å²) in [7, 11) is 0. The highest BCUT2D eigenvalue weighted by Gasteiger charge is 2.40. The van der Waals surface area contributed by atoms with Crippen molar-refractivity contribution in [2.24, 2.45) is 0 Å². The number of aromatic nitrogens is 2. The Labute approximate surface area is 93.9 Å². The first-order valence-electron chi connectivity index (χ1n) is 5.01. The Balaban J connectivity index is 2.13. The van der Waals surface area contributed by atoms with Gasteiger partial charge >= 0.3 is 0 Å². The maximum Gasteiger partial charge on any atom is 0.134 e. The number of anilines is 1. The molecule has 1 aromatic rings. The van der Waals surface area contributed by atoms with E-state index in [4.69, 9.17) is 11.6 Å². The van der Waals surface area contributed by atoms with Crippen LogP contribution in [-0.2, 0) is 0 Å². The van der Waals surface area contributed by atoms with Gasteiger partial charge in [0.25, 0.3) is 0 Å². The van der Waals surface area contributed by atoms with Gasteiger partial charge in [-0.15, -0.1) is 0 Å². The van der Waals surface area contributed by atoms with Crippen molar-refractivity contribution in [3.05, 3.63) is 17.0 Å². The molecule has 1 N–H and O–H groups in total. The minimum atomic E-state index is -0.550. The van der Waals surface area contributed by atoms with Gasteiger partial charge in [0.1, 0.15) is 16.8 Å². The van der Waals surface area contributed by atoms with Gasteiger partial charge in [0.15, 0.2) is 0 Å². The molecule has 0 spiro atoms. The largest absolute Gasteiger partial charge is 0.386 e. The first-order chi connectivity index (χ1) is 7.02. The van der Waals surface area contributed by atoms with E-state index < -0.39 is 5.60 Å². The molecule has 15 heavy (non-hydrogen) atoms. The van der Waals surface area contributed by atoms with Crippen molar-refractivity contribution in [2.75, 3.05) is 18.0 Å². The molecule has 0 bridgehead atoms. The second kappa shape index (κ2) is 3.61. The summed E-state index contributed by atoms with van der Waals surface area (Å²) in [5, 5.41) is 10.3. The molecular weight excluding hydrogens is 214 g/mol. The number of hydrogen-bond donors (Lipinski definition) is 1. The van der Waals surface area contributed by atoms with E-state index in [9.17, 15) is 5.11 Å². The fraction of sp³-hybridized carbons (Fsp3) is 0.600. The molecule has 0 amide bonds. The van der Waals surface area contributed by atoms with E-state index in [0.717, 1.165) is 12.2 Å². The average Bonchev–Trinajstić information content (AvgIpc) is 2.11. The molecule has 82 valence electrons. The minimum absolute atomic E-state index is 0.449. The van der Waals surface area contributed by atoms with Crippen molar-refractivity contribution in [3.63, 3.8) is 0 Å². The number of aryl methyl sites for hydroxylation is 1. The number of nitrogens with zero attached hydrogens (tertiary/aromatic N) is 3. The average molecular weight is 228 g/mol. The van der Waals surface area contributed by atoms with E-state index in [-0.39, 0.29) is 0 Å². The second-order valence-corrected chi connectivity index (χ2v) is 4.42. The van der Waals surface area contributed by atoms with Gasteiger partial charge in [-0.05, 0) is 13.3 Å². The highest BCUT2D eigenvalue weighted by atomic mass is 35.5. The van der Waals surface area contributed by atoms with Crippen LogP contribution < -0.4 is 4.90 Å². The molecular formula is C10H14ClN3O. The van der Waals surface area contributed by atoms with E-state index in [1.807, 2.05) is 11.8 Å². The molecule has 0 atom stereocenters. The van der Waals surface area contributed by atoms with Gasteiger partial charge in [-0.25, -0.2) is 9.97 Å². The maximum absolute atomic E-state index is 9.87.